The molecule has 1 nitrogen and oxygen atoms in total. The van der Waals surface area contributed by atoms with E-state index in [1.165, 1.54) is 37.9 Å². The molecule has 0 bridgehead atoms. The van der Waals surface area contributed by atoms with Gasteiger partial charge < -0.3 is 4.23 Å². The predicted octanol–water partition coefficient (Wildman–Crippen LogP) is 4.80. The molecule has 1 aliphatic rings. The van der Waals surface area contributed by atoms with Crippen molar-refractivity contribution in [1.29, 1.82) is 0 Å². The van der Waals surface area contributed by atoms with E-state index in [-0.39, 0.29) is 0 Å². The van der Waals surface area contributed by atoms with E-state index in [1.54, 1.807) is 4.88 Å². The number of hydrogen-bond acceptors (Lipinski definition) is 2. The van der Waals surface area contributed by atoms with E-state index < -0.39 is 16.5 Å². The number of thiophene rings is 1. The quantitative estimate of drug-likeness (QED) is 0.722. The van der Waals surface area contributed by atoms with Crippen LogP contribution in [0.2, 0.25) is 38.3 Å². The van der Waals surface area contributed by atoms with Gasteiger partial charge in [0.15, 0.2) is 0 Å². The topological polar surface area (TPSA) is 3.24 Å². The fourth-order valence-electron chi connectivity index (χ4n) is 3.51. The van der Waals surface area contributed by atoms with E-state index in [0.29, 0.717) is 0 Å². The van der Waals surface area contributed by atoms with Crippen LogP contribution in [0.1, 0.15) is 17.7 Å². The zero-order chi connectivity index (χ0) is 13.2. The maximum Gasteiger partial charge on any atom is 0.115 e. The number of rotatable bonds is 4. The van der Waals surface area contributed by atoms with Crippen LogP contribution in [0.15, 0.2) is 17.5 Å². The molecule has 0 radical (unpaired) electrons. The van der Waals surface area contributed by atoms with E-state index in [2.05, 4.69) is 47.9 Å². The fraction of sp³-hybridized carbons (Fsp3) is 0.714. The highest BCUT2D eigenvalue weighted by Crippen LogP contribution is 2.34. The first-order valence-corrected chi connectivity index (χ1v) is 14.4. The third kappa shape index (κ3) is 3.35. The zero-order valence-electron chi connectivity index (χ0n) is 12.3. The second-order valence-corrected chi connectivity index (χ2v) is 17.6. The van der Waals surface area contributed by atoms with Gasteiger partial charge in [-0.05, 0) is 42.9 Å². The molecule has 0 saturated carbocycles. The largest absolute Gasteiger partial charge is 0.345 e. The van der Waals surface area contributed by atoms with Gasteiger partial charge in [-0.2, -0.15) is 0 Å². The van der Waals surface area contributed by atoms with Crippen molar-refractivity contribution >= 4 is 27.8 Å². The molecule has 0 atom stereocenters. The summed E-state index contributed by atoms with van der Waals surface area (Å²) in [6.45, 7) is 11.7. The van der Waals surface area contributed by atoms with Crippen molar-refractivity contribution < 1.29 is 0 Å². The number of hydrogen-bond donors (Lipinski definition) is 0. The molecule has 2 rings (SSSR count). The Bertz CT molecular complexity index is 357. The van der Waals surface area contributed by atoms with Crippen LogP contribution >= 0.6 is 11.3 Å². The Hall–Kier alpha value is 0.0938. The average Bonchev–Trinajstić information content (AvgIpc) is 2.74. The summed E-state index contributed by atoms with van der Waals surface area (Å²) in [5.74, 6) is 0. The van der Waals surface area contributed by atoms with Crippen molar-refractivity contribution in [2.75, 3.05) is 6.54 Å². The molecule has 1 saturated heterocycles. The van der Waals surface area contributed by atoms with Gasteiger partial charge in [-0.25, -0.2) is 0 Å². The normalized spacial score (nSPS) is 23.1. The fourth-order valence-corrected chi connectivity index (χ4v) is 16.0. The van der Waals surface area contributed by atoms with Gasteiger partial charge >= 0.3 is 0 Å². The van der Waals surface area contributed by atoms with Crippen molar-refractivity contribution in [3.63, 3.8) is 0 Å². The zero-order valence-corrected chi connectivity index (χ0v) is 15.1. The van der Waals surface area contributed by atoms with Crippen LogP contribution in [0.5, 0.6) is 0 Å². The molecule has 1 aromatic heterocycles. The highest BCUT2D eigenvalue weighted by Gasteiger charge is 2.43. The highest BCUT2D eigenvalue weighted by atomic mass is 32.1. The average molecular weight is 298 g/mol. The van der Waals surface area contributed by atoms with Gasteiger partial charge in [0.05, 0.1) is 0 Å². The molecule has 1 aromatic rings. The van der Waals surface area contributed by atoms with Crippen molar-refractivity contribution in [2.24, 2.45) is 0 Å². The SMILES string of the molecule is C[Si]1(C)CCC[Si](C)(C)N1CCCc1cccs1. The first-order chi connectivity index (χ1) is 8.42. The molecule has 0 aromatic carbocycles. The van der Waals surface area contributed by atoms with Gasteiger partial charge in [-0.1, -0.05) is 38.7 Å². The van der Waals surface area contributed by atoms with Gasteiger partial charge in [0.1, 0.15) is 16.5 Å². The van der Waals surface area contributed by atoms with Crippen molar-refractivity contribution in [3.05, 3.63) is 22.4 Å². The van der Waals surface area contributed by atoms with E-state index >= 15 is 0 Å². The molecule has 18 heavy (non-hydrogen) atoms. The Morgan fingerprint density at radius 1 is 1.17 bits per heavy atom. The molecule has 0 aliphatic carbocycles. The Morgan fingerprint density at radius 3 is 2.39 bits per heavy atom. The molecule has 0 unspecified atom stereocenters. The van der Waals surface area contributed by atoms with E-state index in [4.69, 9.17) is 0 Å². The summed E-state index contributed by atoms with van der Waals surface area (Å²) < 4.78 is 3.02. The van der Waals surface area contributed by atoms with Crippen LogP contribution in [0.3, 0.4) is 0 Å². The lowest BCUT2D eigenvalue weighted by Gasteiger charge is -2.51. The summed E-state index contributed by atoms with van der Waals surface area (Å²) in [6.07, 6.45) is 4.14. The maximum absolute atomic E-state index is 3.02. The van der Waals surface area contributed by atoms with Gasteiger partial charge in [-0.3, -0.25) is 0 Å². The van der Waals surface area contributed by atoms with Crippen molar-refractivity contribution in [2.45, 2.75) is 57.5 Å². The van der Waals surface area contributed by atoms with Crippen LogP contribution in [-0.4, -0.2) is 27.2 Å². The van der Waals surface area contributed by atoms with E-state index in [9.17, 15) is 0 Å². The molecule has 1 fully saturated rings. The monoisotopic (exact) mass is 297 g/mol. The Kier molecular flexibility index (Phi) is 4.52. The third-order valence-corrected chi connectivity index (χ3v) is 15.5. The molecule has 1 aliphatic heterocycles. The van der Waals surface area contributed by atoms with E-state index in [1.807, 2.05) is 11.3 Å². The van der Waals surface area contributed by atoms with Crippen LogP contribution < -0.4 is 0 Å². The second-order valence-electron chi connectivity index (χ2n) is 6.81. The molecule has 102 valence electrons. The third-order valence-electron chi connectivity index (χ3n) is 4.42. The summed E-state index contributed by atoms with van der Waals surface area (Å²) in [5, 5.41) is 2.20. The standard InChI is InChI=1S/C14H27NSSi2/c1-17(2)12-7-13-18(3,4)15(17)10-5-8-14-9-6-11-16-14/h6,9,11H,5,7-8,10,12-13H2,1-4H3. The highest BCUT2D eigenvalue weighted by molar-refractivity contribution is 7.09. The second kappa shape index (κ2) is 5.61. The number of nitrogens with zero attached hydrogens (tertiary/aromatic N) is 1. The van der Waals surface area contributed by atoms with E-state index in [0.717, 1.165) is 0 Å². The van der Waals surface area contributed by atoms with Crippen LogP contribution in [0, 0.1) is 0 Å². The van der Waals surface area contributed by atoms with Gasteiger partial charge in [0.25, 0.3) is 0 Å². The molecular weight excluding hydrogens is 270 g/mol. The predicted molar refractivity (Wildman–Crippen MR) is 88.5 cm³/mol. The molecule has 2 heterocycles. The van der Waals surface area contributed by atoms with Crippen LogP contribution in [-0.2, 0) is 6.42 Å². The van der Waals surface area contributed by atoms with Crippen molar-refractivity contribution in [1.82, 2.24) is 4.23 Å². The van der Waals surface area contributed by atoms with Gasteiger partial charge in [0.2, 0.25) is 0 Å². The van der Waals surface area contributed by atoms with Crippen LogP contribution in [0.25, 0.3) is 0 Å². The molecule has 0 amide bonds. The summed E-state index contributed by atoms with van der Waals surface area (Å²) in [4.78, 5) is 1.56. The lowest BCUT2D eigenvalue weighted by Crippen LogP contribution is -2.64. The summed E-state index contributed by atoms with van der Waals surface area (Å²) in [6, 6.07) is 7.50. The first-order valence-electron chi connectivity index (χ1n) is 7.22. The van der Waals surface area contributed by atoms with Gasteiger partial charge in [-0.15, -0.1) is 11.3 Å². The molecule has 4 heteroatoms. The Labute approximate surface area is 118 Å². The lowest BCUT2D eigenvalue weighted by molar-refractivity contribution is 0.552. The summed E-state index contributed by atoms with van der Waals surface area (Å²) >= 11 is 1.91. The first kappa shape index (κ1) is 14.5. The summed E-state index contributed by atoms with van der Waals surface area (Å²) in [5.41, 5.74) is 0. The minimum Gasteiger partial charge on any atom is -0.345 e. The van der Waals surface area contributed by atoms with Gasteiger partial charge in [0, 0.05) is 4.88 Å². The lowest BCUT2D eigenvalue weighted by atomic mass is 10.3. The Balaban J connectivity index is 1.92. The van der Waals surface area contributed by atoms with Crippen LogP contribution in [0.4, 0.5) is 0 Å². The Morgan fingerprint density at radius 2 is 1.83 bits per heavy atom. The minimum atomic E-state index is -1.08. The smallest absolute Gasteiger partial charge is 0.115 e. The number of aryl methyl sites for hydroxylation is 1. The summed E-state index contributed by atoms with van der Waals surface area (Å²) in [7, 11) is -2.16. The molecule has 0 spiro atoms. The molecule has 0 N–H and O–H groups in total. The van der Waals surface area contributed by atoms with Crippen molar-refractivity contribution in [3.8, 4) is 0 Å². The maximum atomic E-state index is 3.02. The minimum absolute atomic E-state index is 1.08. The molecular formula is C14H27NSSi2.